The van der Waals surface area contributed by atoms with Gasteiger partial charge in [0.15, 0.2) is 0 Å². The van der Waals surface area contributed by atoms with E-state index >= 15 is 0 Å². The van der Waals surface area contributed by atoms with Crippen LogP contribution >= 0.6 is 12.4 Å². The first-order chi connectivity index (χ1) is 11.7. The summed E-state index contributed by atoms with van der Waals surface area (Å²) in [5.74, 6) is 0.667. The van der Waals surface area contributed by atoms with E-state index in [0.717, 1.165) is 39.2 Å². The van der Waals surface area contributed by atoms with Gasteiger partial charge in [-0.15, -0.1) is 12.4 Å². The lowest BCUT2D eigenvalue weighted by molar-refractivity contribution is -0.123. The molecule has 0 aliphatic carbocycles. The number of amides is 1. The molecule has 25 heavy (non-hydrogen) atoms. The maximum Gasteiger partial charge on any atom is 0.221 e. The first-order valence-electron chi connectivity index (χ1n) is 9.07. The highest BCUT2D eigenvalue weighted by molar-refractivity contribution is 5.85. The molecule has 2 aliphatic heterocycles. The Balaban J connectivity index is 0.00000225. The fourth-order valence-electron chi connectivity index (χ4n) is 3.66. The number of halogens is 1. The van der Waals surface area contributed by atoms with Gasteiger partial charge in [0.25, 0.3) is 0 Å². The minimum atomic E-state index is 0. The average Bonchev–Trinajstić information content (AvgIpc) is 3.05. The number of carbonyl (C=O) groups excluding carboxylic acids is 1. The molecule has 140 valence electrons. The molecule has 2 heterocycles. The molecule has 2 N–H and O–H groups in total. The smallest absolute Gasteiger partial charge is 0.221 e. The van der Waals surface area contributed by atoms with Crippen molar-refractivity contribution in [2.24, 2.45) is 5.92 Å². The van der Waals surface area contributed by atoms with Gasteiger partial charge in [0.1, 0.15) is 0 Å². The second-order valence-corrected chi connectivity index (χ2v) is 7.06. The second-order valence-electron chi connectivity index (χ2n) is 7.06. The van der Waals surface area contributed by atoms with Crippen molar-refractivity contribution in [1.82, 2.24) is 15.5 Å². The van der Waals surface area contributed by atoms with E-state index in [2.05, 4.69) is 52.8 Å². The normalized spacial score (nSPS) is 25.2. The van der Waals surface area contributed by atoms with E-state index in [0.29, 0.717) is 18.9 Å². The third kappa shape index (κ3) is 6.26. The van der Waals surface area contributed by atoms with E-state index in [1.807, 2.05) is 0 Å². The van der Waals surface area contributed by atoms with Gasteiger partial charge < -0.3 is 15.4 Å². The Morgan fingerprint density at radius 2 is 2.20 bits per heavy atom. The van der Waals surface area contributed by atoms with Gasteiger partial charge in [-0.2, -0.15) is 0 Å². The molecule has 2 aliphatic rings. The molecule has 3 atom stereocenters. The monoisotopic (exact) mass is 367 g/mol. The summed E-state index contributed by atoms with van der Waals surface area (Å²) >= 11 is 0. The second kappa shape index (κ2) is 10.1. The van der Waals surface area contributed by atoms with Crippen LogP contribution in [0.4, 0.5) is 0 Å². The highest BCUT2D eigenvalue weighted by atomic mass is 35.5. The third-order valence-corrected chi connectivity index (χ3v) is 5.08. The molecule has 0 saturated carbocycles. The zero-order valence-corrected chi connectivity index (χ0v) is 15.8. The number of nitrogens with one attached hydrogen (secondary N) is 2. The number of rotatable bonds is 6. The predicted molar refractivity (Wildman–Crippen MR) is 102 cm³/mol. The molecule has 1 aromatic rings. The van der Waals surface area contributed by atoms with E-state index in [9.17, 15) is 4.79 Å². The summed E-state index contributed by atoms with van der Waals surface area (Å²) in [6.07, 6.45) is 1.66. The standard InChI is InChI=1S/C19H29N3O2.ClH/c1-15(21-19(23)11-18-14-24-10-8-20-18)17-7-9-22(13-17)12-16-5-3-2-4-6-16;/h2-6,15,17-18,20H,7-14H2,1H3,(H,21,23);1H. The summed E-state index contributed by atoms with van der Waals surface area (Å²) in [5, 5.41) is 6.53. The Labute approximate surface area is 156 Å². The number of carbonyl (C=O) groups is 1. The predicted octanol–water partition coefficient (Wildman–Crippen LogP) is 1.81. The maximum atomic E-state index is 12.2. The van der Waals surface area contributed by atoms with Crippen molar-refractivity contribution in [2.75, 3.05) is 32.8 Å². The first kappa shape index (κ1) is 20.2. The van der Waals surface area contributed by atoms with Crippen LogP contribution in [0.15, 0.2) is 30.3 Å². The number of nitrogens with zero attached hydrogens (tertiary/aromatic N) is 1. The molecule has 0 radical (unpaired) electrons. The third-order valence-electron chi connectivity index (χ3n) is 5.08. The quantitative estimate of drug-likeness (QED) is 0.805. The molecule has 0 aromatic heterocycles. The summed E-state index contributed by atoms with van der Waals surface area (Å²) < 4.78 is 5.41. The molecule has 2 fully saturated rings. The highest BCUT2D eigenvalue weighted by Gasteiger charge is 2.28. The van der Waals surface area contributed by atoms with Gasteiger partial charge in [-0.25, -0.2) is 0 Å². The van der Waals surface area contributed by atoms with Crippen molar-refractivity contribution < 1.29 is 9.53 Å². The van der Waals surface area contributed by atoms with Crippen LogP contribution in [-0.4, -0.2) is 55.7 Å². The van der Waals surface area contributed by atoms with Gasteiger partial charge in [0.2, 0.25) is 5.91 Å². The fraction of sp³-hybridized carbons (Fsp3) is 0.632. The van der Waals surface area contributed by atoms with Crippen LogP contribution < -0.4 is 10.6 Å². The summed E-state index contributed by atoms with van der Waals surface area (Å²) in [6.45, 7) is 7.52. The molecule has 5 nitrogen and oxygen atoms in total. The van der Waals surface area contributed by atoms with E-state index in [4.69, 9.17) is 4.74 Å². The van der Waals surface area contributed by atoms with Crippen LogP contribution in [-0.2, 0) is 16.1 Å². The van der Waals surface area contributed by atoms with Crippen LogP contribution in [0, 0.1) is 5.92 Å². The molecular formula is C19H30ClN3O2. The van der Waals surface area contributed by atoms with Crippen LogP contribution in [0.25, 0.3) is 0 Å². The van der Waals surface area contributed by atoms with Crippen LogP contribution in [0.3, 0.4) is 0 Å². The molecule has 6 heteroatoms. The van der Waals surface area contributed by atoms with Gasteiger partial charge in [0.05, 0.1) is 13.2 Å². The van der Waals surface area contributed by atoms with Crippen molar-refractivity contribution >= 4 is 18.3 Å². The van der Waals surface area contributed by atoms with E-state index < -0.39 is 0 Å². The Bertz CT molecular complexity index is 523. The molecular weight excluding hydrogens is 338 g/mol. The molecule has 0 spiro atoms. The van der Waals surface area contributed by atoms with E-state index in [1.165, 1.54) is 5.56 Å². The Morgan fingerprint density at radius 1 is 1.40 bits per heavy atom. The maximum absolute atomic E-state index is 12.2. The molecule has 1 amide bonds. The minimum Gasteiger partial charge on any atom is -0.378 e. The molecule has 3 rings (SSSR count). The van der Waals surface area contributed by atoms with Gasteiger partial charge in [-0.3, -0.25) is 9.69 Å². The van der Waals surface area contributed by atoms with Crippen molar-refractivity contribution in [3.05, 3.63) is 35.9 Å². The summed E-state index contributed by atoms with van der Waals surface area (Å²) in [4.78, 5) is 14.7. The summed E-state index contributed by atoms with van der Waals surface area (Å²) in [7, 11) is 0. The van der Waals surface area contributed by atoms with Gasteiger partial charge in [-0.05, 0) is 31.4 Å². The zero-order valence-electron chi connectivity index (χ0n) is 14.9. The minimum absolute atomic E-state index is 0. The lowest BCUT2D eigenvalue weighted by Gasteiger charge is -2.25. The van der Waals surface area contributed by atoms with Crippen LogP contribution in [0.5, 0.6) is 0 Å². The van der Waals surface area contributed by atoms with Gasteiger partial charge in [0, 0.05) is 38.1 Å². The summed E-state index contributed by atoms with van der Waals surface area (Å²) in [5.41, 5.74) is 1.36. The highest BCUT2D eigenvalue weighted by Crippen LogP contribution is 2.21. The fourth-order valence-corrected chi connectivity index (χ4v) is 3.66. The van der Waals surface area contributed by atoms with Crippen molar-refractivity contribution in [3.63, 3.8) is 0 Å². The van der Waals surface area contributed by atoms with E-state index in [-0.39, 0.29) is 30.4 Å². The van der Waals surface area contributed by atoms with Crippen molar-refractivity contribution in [3.8, 4) is 0 Å². The molecule has 3 unspecified atom stereocenters. The largest absolute Gasteiger partial charge is 0.378 e. The number of ether oxygens (including phenoxy) is 1. The molecule has 2 saturated heterocycles. The Hall–Kier alpha value is -1.14. The first-order valence-corrected chi connectivity index (χ1v) is 9.07. The number of hydrogen-bond acceptors (Lipinski definition) is 4. The topological polar surface area (TPSA) is 53.6 Å². The average molecular weight is 368 g/mol. The molecule has 0 bridgehead atoms. The molecule has 1 aromatic carbocycles. The van der Waals surface area contributed by atoms with Crippen LogP contribution in [0.1, 0.15) is 25.3 Å². The lowest BCUT2D eigenvalue weighted by atomic mass is 10.00. The van der Waals surface area contributed by atoms with Crippen molar-refractivity contribution in [2.45, 2.75) is 38.4 Å². The summed E-state index contributed by atoms with van der Waals surface area (Å²) in [6, 6.07) is 11.0. The van der Waals surface area contributed by atoms with Gasteiger partial charge in [-0.1, -0.05) is 30.3 Å². The lowest BCUT2D eigenvalue weighted by Crippen LogP contribution is -2.46. The zero-order chi connectivity index (χ0) is 16.8. The van der Waals surface area contributed by atoms with Gasteiger partial charge >= 0.3 is 0 Å². The van der Waals surface area contributed by atoms with Crippen LogP contribution in [0.2, 0.25) is 0 Å². The van der Waals surface area contributed by atoms with Crippen molar-refractivity contribution in [1.29, 1.82) is 0 Å². The number of morpholine rings is 1. The number of likely N-dealkylation sites (tertiary alicyclic amines) is 1. The van der Waals surface area contributed by atoms with E-state index in [1.54, 1.807) is 0 Å². The number of benzene rings is 1. The number of hydrogen-bond donors (Lipinski definition) is 2. The Kier molecular flexibility index (Phi) is 8.16. The Morgan fingerprint density at radius 3 is 2.92 bits per heavy atom. The SMILES string of the molecule is CC(NC(=O)CC1COCCN1)C1CCN(Cc2ccccc2)C1.Cl.